The van der Waals surface area contributed by atoms with E-state index in [4.69, 9.17) is 11.5 Å². The van der Waals surface area contributed by atoms with E-state index in [1.54, 1.807) is 0 Å². The number of quaternary nitrogens is 1. The van der Waals surface area contributed by atoms with E-state index in [1.807, 2.05) is 70.1 Å². The number of rotatable bonds is 15. The van der Waals surface area contributed by atoms with Gasteiger partial charge in [-0.1, -0.05) is 45.9 Å². The zero-order chi connectivity index (χ0) is 22.5. The largest absolute Gasteiger partial charge is 0.397 e. The molecular formula is C23H38N6S2+2. The van der Waals surface area contributed by atoms with E-state index in [2.05, 4.69) is 36.0 Å². The van der Waals surface area contributed by atoms with Crippen LogP contribution in [0.25, 0.3) is 0 Å². The van der Waals surface area contributed by atoms with Crippen molar-refractivity contribution in [1.29, 1.82) is 0 Å². The second kappa shape index (κ2) is 13.4. The Labute approximate surface area is 195 Å². The van der Waals surface area contributed by atoms with Gasteiger partial charge in [-0.2, -0.15) is 0 Å². The van der Waals surface area contributed by atoms with Crippen LogP contribution < -0.4 is 22.1 Å². The first-order valence-electron chi connectivity index (χ1n) is 10.7. The number of benzene rings is 2. The molecule has 0 saturated heterocycles. The molecule has 2 aromatic rings. The van der Waals surface area contributed by atoms with Gasteiger partial charge in [-0.3, -0.25) is 0 Å². The quantitative estimate of drug-likeness (QED) is 0.0810. The van der Waals surface area contributed by atoms with Gasteiger partial charge in [0.2, 0.25) is 0 Å². The lowest BCUT2D eigenvalue weighted by Gasteiger charge is -2.29. The van der Waals surface area contributed by atoms with Crippen molar-refractivity contribution in [2.75, 3.05) is 87.0 Å². The number of nitrogens with one attached hydrogen (secondary N) is 2. The van der Waals surface area contributed by atoms with Crippen LogP contribution in [0.1, 0.15) is 0 Å². The first kappa shape index (κ1) is 25.2. The molecule has 0 saturated carbocycles. The van der Waals surface area contributed by atoms with Crippen LogP contribution in [0.4, 0.5) is 22.7 Å². The van der Waals surface area contributed by atoms with Gasteiger partial charge < -0.3 is 26.6 Å². The lowest BCUT2D eigenvalue weighted by molar-refractivity contribution is -0.886. The minimum Gasteiger partial charge on any atom is -0.397 e. The maximum absolute atomic E-state index is 5.99. The third-order valence-corrected chi connectivity index (χ3v) is 7.42. The van der Waals surface area contributed by atoms with E-state index < -0.39 is 0 Å². The predicted octanol–water partition coefficient (Wildman–Crippen LogP) is 3.55. The van der Waals surface area contributed by atoms with Gasteiger partial charge in [-0.15, -0.1) is 0 Å². The lowest BCUT2D eigenvalue weighted by Crippen LogP contribution is -2.44. The number of nitrogen functional groups attached to an aromatic ring is 2. The third kappa shape index (κ3) is 10.2. The Morgan fingerprint density at radius 2 is 1.35 bits per heavy atom. The summed E-state index contributed by atoms with van der Waals surface area (Å²) in [6, 6.07) is 15.8. The first-order valence-corrected chi connectivity index (χ1v) is 13.1. The fourth-order valence-electron chi connectivity index (χ4n) is 2.95. The molecule has 2 aromatic carbocycles. The van der Waals surface area contributed by atoms with Gasteiger partial charge in [0, 0.05) is 0 Å². The van der Waals surface area contributed by atoms with Crippen LogP contribution in [0.2, 0.25) is 0 Å². The normalized spacial score (nSPS) is 11.3. The molecule has 31 heavy (non-hydrogen) atoms. The van der Waals surface area contributed by atoms with Crippen molar-refractivity contribution in [1.82, 2.24) is 0 Å². The van der Waals surface area contributed by atoms with E-state index in [0.29, 0.717) is 0 Å². The summed E-state index contributed by atoms with van der Waals surface area (Å²) in [6.45, 7) is 9.95. The van der Waals surface area contributed by atoms with Gasteiger partial charge in [0.25, 0.3) is 0 Å². The molecule has 0 bridgehead atoms. The Bertz CT molecular complexity index is 812. The molecule has 0 aliphatic heterocycles. The molecule has 0 aromatic heterocycles. The maximum atomic E-state index is 5.99. The fraction of sp³-hybridized carbons (Fsp3) is 0.435. The highest BCUT2D eigenvalue weighted by Gasteiger charge is 2.14. The number of hydrogen-bond donors (Lipinski definition) is 4. The van der Waals surface area contributed by atoms with Crippen molar-refractivity contribution in [3.8, 4) is 0 Å². The smallest absolute Gasteiger partial charge is 0.159 e. The van der Waals surface area contributed by atoms with Crippen molar-refractivity contribution in [3.05, 3.63) is 48.5 Å². The number of nitrogens with zero attached hydrogens (tertiary/aromatic N) is 2. The summed E-state index contributed by atoms with van der Waals surface area (Å²) >= 11 is 0. The minimum atomic E-state index is 0.784. The number of para-hydroxylation sites is 4. The molecule has 0 aliphatic rings. The molecule has 0 unspecified atom stereocenters. The Morgan fingerprint density at radius 3 is 1.97 bits per heavy atom. The van der Waals surface area contributed by atoms with E-state index in [1.165, 1.54) is 0 Å². The molecule has 2 rings (SSSR count). The van der Waals surface area contributed by atoms with E-state index in [0.717, 1.165) is 78.0 Å². The molecule has 0 fully saturated rings. The van der Waals surface area contributed by atoms with E-state index in [-0.39, 0.29) is 0 Å². The Balaban J connectivity index is 1.49. The van der Waals surface area contributed by atoms with Crippen LogP contribution in [-0.4, -0.2) is 80.6 Å². The molecule has 0 aliphatic carbocycles. The molecule has 0 spiro atoms. The molecule has 0 atom stereocenters. The molecule has 0 amide bonds. The van der Waals surface area contributed by atoms with E-state index >= 15 is 0 Å². The Morgan fingerprint density at radius 1 is 0.806 bits per heavy atom. The summed E-state index contributed by atoms with van der Waals surface area (Å²) in [6.07, 6.45) is 0. The van der Waals surface area contributed by atoms with Crippen molar-refractivity contribution >= 4 is 51.1 Å². The molecule has 6 nitrogen and oxygen atoms in total. The van der Waals surface area contributed by atoms with Gasteiger partial charge in [0.1, 0.15) is 6.72 Å². The summed E-state index contributed by atoms with van der Waals surface area (Å²) in [5, 5.41) is 6.81. The van der Waals surface area contributed by atoms with Crippen molar-refractivity contribution in [2.45, 2.75) is 0 Å². The average molecular weight is 463 g/mol. The predicted molar refractivity (Wildman–Crippen MR) is 143 cm³/mol. The number of nitrogens with two attached hydrogens (primary N) is 2. The van der Waals surface area contributed by atoms with E-state index in [9.17, 15) is 0 Å². The summed E-state index contributed by atoms with van der Waals surface area (Å²) in [5.41, 5.74) is 15.5. The van der Waals surface area contributed by atoms with Crippen LogP contribution in [0.5, 0.6) is 0 Å². The van der Waals surface area contributed by atoms with Crippen LogP contribution in [-0.2, 0) is 0 Å². The second-order valence-corrected chi connectivity index (χ2v) is 10.9. The Hall–Kier alpha value is -2.03. The van der Waals surface area contributed by atoms with Crippen molar-refractivity contribution in [3.63, 3.8) is 0 Å². The highest BCUT2D eigenvalue weighted by Crippen LogP contribution is 2.21. The monoisotopic (exact) mass is 462 g/mol. The molecule has 0 radical (unpaired) electrons. The van der Waals surface area contributed by atoms with Crippen LogP contribution in [0, 0.1) is 0 Å². The van der Waals surface area contributed by atoms with Gasteiger partial charge in [0.15, 0.2) is 13.1 Å². The van der Waals surface area contributed by atoms with Gasteiger partial charge in [0.05, 0.1) is 74.5 Å². The summed E-state index contributed by atoms with van der Waals surface area (Å²) in [5.74, 6) is 2.21. The highest BCUT2D eigenvalue weighted by molar-refractivity contribution is 8.76. The standard InChI is InChI=1S/C23H38N6S2/c1-28(14-12-26-22-10-6-4-8-20(22)24)15-18-30-31-19-17-29(2,3)16-13-27-23-11-7-5-9-21(23)25/h4-11,26-27H,1,12-19,24-25H2,2-3H3/q+2. The summed E-state index contributed by atoms with van der Waals surface area (Å²) in [4.78, 5) is 0. The minimum absolute atomic E-state index is 0.784. The zero-order valence-corrected chi connectivity index (χ0v) is 20.5. The van der Waals surface area contributed by atoms with Crippen LogP contribution in [0.3, 0.4) is 0 Å². The molecule has 0 heterocycles. The number of anilines is 4. The molecular weight excluding hydrogens is 424 g/mol. The summed E-state index contributed by atoms with van der Waals surface area (Å²) < 4.78 is 3.10. The lowest BCUT2D eigenvalue weighted by atomic mass is 10.2. The second-order valence-electron chi connectivity index (χ2n) is 8.17. The fourth-order valence-corrected chi connectivity index (χ4v) is 5.24. The Kier molecular flexibility index (Phi) is 10.9. The first-order chi connectivity index (χ1) is 14.9. The summed E-state index contributed by atoms with van der Waals surface area (Å²) in [7, 11) is 8.45. The molecule has 6 N–H and O–H groups in total. The number of likely N-dealkylation sites (N-methyl/N-ethyl adjacent to an activating group) is 1. The topological polar surface area (TPSA) is 79.1 Å². The third-order valence-electron chi connectivity index (χ3n) is 5.05. The van der Waals surface area contributed by atoms with Crippen molar-refractivity contribution < 1.29 is 9.06 Å². The maximum Gasteiger partial charge on any atom is 0.159 e. The van der Waals surface area contributed by atoms with Gasteiger partial charge >= 0.3 is 0 Å². The van der Waals surface area contributed by atoms with Crippen molar-refractivity contribution in [2.24, 2.45) is 0 Å². The highest BCUT2D eigenvalue weighted by atomic mass is 33.1. The van der Waals surface area contributed by atoms with Gasteiger partial charge in [-0.25, -0.2) is 4.58 Å². The zero-order valence-electron chi connectivity index (χ0n) is 18.8. The average Bonchev–Trinajstić information content (AvgIpc) is 2.73. The van der Waals surface area contributed by atoms with Crippen LogP contribution >= 0.6 is 21.6 Å². The SMILES string of the molecule is C=[N+](CCNc1ccccc1N)CCSSCC[N+](C)(C)CCNc1ccccc1N. The number of hydrogen-bond acceptors (Lipinski definition) is 6. The van der Waals surface area contributed by atoms with Gasteiger partial charge in [-0.05, 0) is 24.3 Å². The molecule has 8 heteroatoms. The molecule has 170 valence electrons. The van der Waals surface area contributed by atoms with Crippen LogP contribution in [0.15, 0.2) is 48.5 Å².